The molecule has 0 bridgehead atoms. The molecule has 1 aliphatic rings. The lowest BCUT2D eigenvalue weighted by Crippen LogP contribution is -2.51. The Bertz CT molecular complexity index is 1120. The molecule has 4 rings (SSSR count). The molecule has 0 aliphatic heterocycles. The number of hydrogen-bond acceptors (Lipinski definition) is 5. The van der Waals surface area contributed by atoms with Crippen LogP contribution in [0.25, 0.3) is 0 Å². The highest BCUT2D eigenvalue weighted by atomic mass is 35.5. The van der Waals surface area contributed by atoms with Crippen LogP contribution in [-0.4, -0.2) is 23.0 Å². The number of carbonyl (C=O) groups excluding carboxylic acids is 2. The molecule has 172 valence electrons. The van der Waals surface area contributed by atoms with Gasteiger partial charge in [-0.2, -0.15) is 0 Å². The van der Waals surface area contributed by atoms with E-state index in [1.54, 1.807) is 18.2 Å². The number of thiophene rings is 1. The van der Waals surface area contributed by atoms with Gasteiger partial charge in [0, 0.05) is 22.0 Å². The number of halogens is 2. The van der Waals surface area contributed by atoms with Gasteiger partial charge in [-0.05, 0) is 53.5 Å². The van der Waals surface area contributed by atoms with Crippen LogP contribution >= 0.6 is 34.5 Å². The van der Waals surface area contributed by atoms with Gasteiger partial charge < -0.3 is 21.5 Å². The highest BCUT2D eigenvalue weighted by molar-refractivity contribution is 7.10. The predicted octanol–water partition coefficient (Wildman–Crippen LogP) is 3.98. The van der Waals surface area contributed by atoms with Crippen molar-refractivity contribution in [1.82, 2.24) is 10.6 Å². The number of nitrogens with two attached hydrogens (primary N) is 1. The van der Waals surface area contributed by atoms with E-state index in [1.807, 2.05) is 17.5 Å². The number of phenolic OH excluding ortho intramolecular Hbond substituents is 1. The minimum Gasteiger partial charge on any atom is -0.508 e. The number of amides is 2. The van der Waals surface area contributed by atoms with Crippen LogP contribution in [0.5, 0.6) is 5.75 Å². The summed E-state index contributed by atoms with van der Waals surface area (Å²) in [6, 6.07) is 13.0. The Morgan fingerprint density at radius 3 is 2.39 bits per heavy atom. The Hall–Kier alpha value is -2.58. The summed E-state index contributed by atoms with van der Waals surface area (Å²) in [6.07, 6.45) is 1.42. The van der Waals surface area contributed by atoms with Crippen molar-refractivity contribution >= 4 is 46.4 Å². The van der Waals surface area contributed by atoms with Gasteiger partial charge >= 0.3 is 0 Å². The summed E-state index contributed by atoms with van der Waals surface area (Å²) in [7, 11) is 0. The van der Waals surface area contributed by atoms with Gasteiger partial charge in [-0.15, -0.1) is 11.3 Å². The molecule has 0 saturated heterocycles. The van der Waals surface area contributed by atoms with Crippen LogP contribution in [0.4, 0.5) is 0 Å². The van der Waals surface area contributed by atoms with E-state index in [9.17, 15) is 14.7 Å². The van der Waals surface area contributed by atoms with Crippen molar-refractivity contribution in [3.05, 3.63) is 85.5 Å². The zero-order valence-electron chi connectivity index (χ0n) is 17.6. The second kappa shape index (κ2) is 10.1. The van der Waals surface area contributed by atoms with Crippen molar-refractivity contribution in [2.75, 3.05) is 0 Å². The molecule has 0 unspecified atom stereocenters. The first kappa shape index (κ1) is 23.6. The van der Waals surface area contributed by atoms with E-state index in [-0.39, 0.29) is 24.1 Å². The Balaban J connectivity index is 1.57. The highest BCUT2D eigenvalue weighted by Crippen LogP contribution is 2.32. The van der Waals surface area contributed by atoms with Crippen LogP contribution in [0.2, 0.25) is 10.0 Å². The van der Waals surface area contributed by atoms with Crippen LogP contribution in [0.3, 0.4) is 0 Å². The summed E-state index contributed by atoms with van der Waals surface area (Å²) in [6.45, 7) is 0.146. The average molecular weight is 504 g/mol. The summed E-state index contributed by atoms with van der Waals surface area (Å²) in [5, 5.41) is 18.8. The summed E-state index contributed by atoms with van der Waals surface area (Å²) in [4.78, 5) is 26.2. The van der Waals surface area contributed by atoms with Gasteiger partial charge in [-0.3, -0.25) is 9.59 Å². The number of aromatic hydroxyl groups is 1. The SMILES string of the molecule is NC(=O)[C@H](NC(=O)[C@H](NCc1c(O)cc(Cl)cc1Cl)C1Cc2ccccc2C1)c1cccs1. The molecule has 3 aromatic rings. The molecule has 33 heavy (non-hydrogen) atoms. The number of nitrogens with one attached hydrogen (secondary N) is 2. The van der Waals surface area contributed by atoms with Crippen LogP contribution < -0.4 is 16.4 Å². The lowest BCUT2D eigenvalue weighted by molar-refractivity contribution is -0.129. The van der Waals surface area contributed by atoms with Gasteiger partial charge in [0.2, 0.25) is 11.8 Å². The Morgan fingerprint density at radius 1 is 1.12 bits per heavy atom. The van der Waals surface area contributed by atoms with Gasteiger partial charge in [0.1, 0.15) is 11.8 Å². The molecule has 0 fully saturated rings. The topological polar surface area (TPSA) is 104 Å². The van der Waals surface area contributed by atoms with Crippen molar-refractivity contribution in [2.24, 2.45) is 11.7 Å². The van der Waals surface area contributed by atoms with E-state index in [0.29, 0.717) is 33.3 Å². The maximum atomic E-state index is 13.4. The van der Waals surface area contributed by atoms with Crippen LogP contribution in [0, 0.1) is 5.92 Å². The lowest BCUT2D eigenvalue weighted by Gasteiger charge is -2.26. The molecule has 1 heterocycles. The normalized spacial score (nSPS) is 15.1. The van der Waals surface area contributed by atoms with Crippen molar-refractivity contribution < 1.29 is 14.7 Å². The zero-order chi connectivity index (χ0) is 23.5. The van der Waals surface area contributed by atoms with E-state index in [0.717, 1.165) is 0 Å². The molecule has 0 saturated carbocycles. The molecule has 2 aromatic carbocycles. The molecule has 5 N–H and O–H groups in total. The first-order chi connectivity index (χ1) is 15.8. The van der Waals surface area contributed by atoms with Crippen LogP contribution in [0.15, 0.2) is 53.9 Å². The molecule has 6 nitrogen and oxygen atoms in total. The molecular formula is C24H23Cl2N3O3S. The third-order valence-corrected chi connectivity index (χ3v) is 7.36. The number of phenols is 1. The van der Waals surface area contributed by atoms with Crippen molar-refractivity contribution in [2.45, 2.75) is 31.5 Å². The second-order valence-corrected chi connectivity index (χ2v) is 9.86. The van der Waals surface area contributed by atoms with Crippen molar-refractivity contribution in [1.29, 1.82) is 0 Å². The summed E-state index contributed by atoms with van der Waals surface area (Å²) in [5.41, 5.74) is 8.42. The first-order valence-electron chi connectivity index (χ1n) is 10.4. The highest BCUT2D eigenvalue weighted by Gasteiger charge is 2.35. The quantitative estimate of drug-likeness (QED) is 0.373. The van der Waals surface area contributed by atoms with Crippen molar-refractivity contribution in [3.8, 4) is 5.75 Å². The summed E-state index contributed by atoms with van der Waals surface area (Å²) < 4.78 is 0. The van der Waals surface area contributed by atoms with E-state index in [4.69, 9.17) is 28.9 Å². The number of rotatable bonds is 8. The largest absolute Gasteiger partial charge is 0.508 e. The lowest BCUT2D eigenvalue weighted by atomic mass is 9.95. The third kappa shape index (κ3) is 5.33. The molecule has 2 amide bonds. The fourth-order valence-corrected chi connectivity index (χ4v) is 5.58. The Morgan fingerprint density at radius 2 is 1.82 bits per heavy atom. The van der Waals surface area contributed by atoms with E-state index < -0.39 is 18.0 Å². The minimum atomic E-state index is -0.918. The van der Waals surface area contributed by atoms with Gasteiger partial charge in [0.05, 0.1) is 11.1 Å². The number of benzene rings is 2. The molecule has 2 atom stereocenters. The smallest absolute Gasteiger partial charge is 0.245 e. The standard InChI is InChI=1S/C24H23Cl2N3O3S/c25-16-10-18(26)17(19(30)11-16)12-28-21(15-8-13-4-1-2-5-14(13)9-15)24(32)29-22(23(27)31)20-6-3-7-33-20/h1-7,10-11,15,21-22,28,30H,8-9,12H2,(H2,27,31)(H,29,32)/t21-,22-/m1/s1. The van der Waals surface area contributed by atoms with Gasteiger partial charge in [-0.1, -0.05) is 53.5 Å². The molecule has 9 heteroatoms. The van der Waals surface area contributed by atoms with Crippen molar-refractivity contribution in [3.63, 3.8) is 0 Å². The van der Waals surface area contributed by atoms with Crippen LogP contribution in [0.1, 0.15) is 27.6 Å². The number of primary amides is 1. The number of carbonyl (C=O) groups is 2. The minimum absolute atomic E-state index is 0.0486. The van der Waals surface area contributed by atoms with E-state index in [2.05, 4.69) is 22.8 Å². The predicted molar refractivity (Wildman–Crippen MR) is 130 cm³/mol. The number of hydrogen-bond donors (Lipinski definition) is 4. The molecule has 1 aliphatic carbocycles. The fourth-order valence-electron chi connectivity index (χ4n) is 4.25. The first-order valence-corrected chi connectivity index (χ1v) is 12.1. The van der Waals surface area contributed by atoms with Gasteiger partial charge in [-0.25, -0.2) is 0 Å². The molecule has 0 radical (unpaired) electrons. The fraction of sp³-hybridized carbons (Fsp3) is 0.250. The summed E-state index contributed by atoms with van der Waals surface area (Å²) in [5.74, 6) is -1.07. The number of fused-ring (bicyclic) bond motifs is 1. The van der Waals surface area contributed by atoms with Crippen LogP contribution in [-0.2, 0) is 29.0 Å². The van der Waals surface area contributed by atoms with E-state index in [1.165, 1.54) is 28.5 Å². The van der Waals surface area contributed by atoms with Gasteiger partial charge in [0.15, 0.2) is 0 Å². The maximum absolute atomic E-state index is 13.4. The maximum Gasteiger partial charge on any atom is 0.245 e. The molecule has 0 spiro atoms. The molecule has 1 aromatic heterocycles. The molecular weight excluding hydrogens is 481 g/mol. The van der Waals surface area contributed by atoms with E-state index >= 15 is 0 Å². The zero-order valence-corrected chi connectivity index (χ0v) is 19.9. The summed E-state index contributed by atoms with van der Waals surface area (Å²) >= 11 is 13.6. The Labute approximate surface area is 205 Å². The Kier molecular flexibility index (Phi) is 7.24. The third-order valence-electron chi connectivity index (χ3n) is 5.87. The average Bonchev–Trinajstić information content (AvgIpc) is 3.43. The van der Waals surface area contributed by atoms with Gasteiger partial charge in [0.25, 0.3) is 0 Å². The monoisotopic (exact) mass is 503 g/mol. The second-order valence-electron chi connectivity index (χ2n) is 8.04.